The van der Waals surface area contributed by atoms with E-state index in [2.05, 4.69) is 5.32 Å². The van der Waals surface area contributed by atoms with Crippen molar-refractivity contribution in [3.63, 3.8) is 0 Å². The van der Waals surface area contributed by atoms with Crippen LogP contribution in [0.3, 0.4) is 0 Å². The van der Waals surface area contributed by atoms with Crippen LogP contribution >= 0.6 is 0 Å². The summed E-state index contributed by atoms with van der Waals surface area (Å²) in [5.74, 6) is -1.11. The standard InChI is InChI=1S/C14H20F2N2O/c1-2-4-17-8-10-6-12(15)14(13(16)7-10)18-5-3-11(19)9-18/h6-7,11,17,19H,2-5,8-9H2,1H3. The summed E-state index contributed by atoms with van der Waals surface area (Å²) in [6, 6.07) is 2.73. The van der Waals surface area contributed by atoms with Crippen molar-refractivity contribution in [3.05, 3.63) is 29.3 Å². The molecule has 0 amide bonds. The van der Waals surface area contributed by atoms with Gasteiger partial charge in [-0.15, -0.1) is 0 Å². The van der Waals surface area contributed by atoms with Crippen molar-refractivity contribution in [2.24, 2.45) is 0 Å². The number of aliphatic hydroxyl groups is 1. The molecule has 106 valence electrons. The molecule has 1 heterocycles. The van der Waals surface area contributed by atoms with Gasteiger partial charge in [-0.3, -0.25) is 0 Å². The van der Waals surface area contributed by atoms with Crippen LogP contribution in [0.4, 0.5) is 14.5 Å². The van der Waals surface area contributed by atoms with E-state index in [0.717, 1.165) is 13.0 Å². The monoisotopic (exact) mass is 270 g/mol. The molecule has 0 aromatic heterocycles. The third-order valence-corrected chi connectivity index (χ3v) is 3.31. The summed E-state index contributed by atoms with van der Waals surface area (Å²) in [5.41, 5.74) is 0.586. The Morgan fingerprint density at radius 2 is 2.05 bits per heavy atom. The van der Waals surface area contributed by atoms with Gasteiger partial charge in [0.05, 0.1) is 6.10 Å². The van der Waals surface area contributed by atoms with Crippen LogP contribution in [0.1, 0.15) is 25.3 Å². The van der Waals surface area contributed by atoms with Crippen LogP contribution < -0.4 is 10.2 Å². The number of hydrogen-bond donors (Lipinski definition) is 2. The summed E-state index contributed by atoms with van der Waals surface area (Å²) in [4.78, 5) is 1.57. The highest BCUT2D eigenvalue weighted by molar-refractivity contribution is 5.51. The number of anilines is 1. The average Bonchev–Trinajstić information content (AvgIpc) is 2.75. The van der Waals surface area contributed by atoms with Gasteiger partial charge in [-0.05, 0) is 37.1 Å². The summed E-state index contributed by atoms with van der Waals surface area (Å²) < 4.78 is 28.0. The number of β-amino-alcohol motifs (C(OH)–C–C–N with tert-alkyl or cyclic N) is 1. The molecule has 1 aliphatic heterocycles. The lowest BCUT2D eigenvalue weighted by Crippen LogP contribution is -2.24. The maximum absolute atomic E-state index is 14.0. The summed E-state index contributed by atoms with van der Waals surface area (Å²) in [7, 11) is 0. The van der Waals surface area contributed by atoms with Crippen molar-refractivity contribution in [1.82, 2.24) is 5.32 Å². The molecule has 1 aromatic carbocycles. The van der Waals surface area contributed by atoms with Crippen LogP contribution in [0.25, 0.3) is 0 Å². The predicted octanol–water partition coefficient (Wildman–Crippen LogP) is 2.04. The normalized spacial score (nSPS) is 19.2. The van der Waals surface area contributed by atoms with E-state index in [4.69, 9.17) is 0 Å². The number of hydrogen-bond acceptors (Lipinski definition) is 3. The molecule has 3 nitrogen and oxygen atoms in total. The van der Waals surface area contributed by atoms with Gasteiger partial charge >= 0.3 is 0 Å². The number of rotatable bonds is 5. The maximum Gasteiger partial charge on any atom is 0.149 e. The van der Waals surface area contributed by atoms with E-state index in [1.54, 1.807) is 4.90 Å². The van der Waals surface area contributed by atoms with Gasteiger partial charge in [0.2, 0.25) is 0 Å². The summed E-state index contributed by atoms with van der Waals surface area (Å²) in [6.07, 6.45) is 1.04. The predicted molar refractivity (Wildman–Crippen MR) is 71.2 cm³/mol. The van der Waals surface area contributed by atoms with Crippen molar-refractivity contribution in [1.29, 1.82) is 0 Å². The molecule has 0 aliphatic carbocycles. The summed E-state index contributed by atoms with van der Waals surface area (Å²) in [5, 5.41) is 12.6. The van der Waals surface area contributed by atoms with Crippen molar-refractivity contribution in [2.75, 3.05) is 24.5 Å². The Kier molecular flexibility index (Phi) is 4.71. The first kappa shape index (κ1) is 14.2. The zero-order chi connectivity index (χ0) is 13.8. The van der Waals surface area contributed by atoms with Crippen molar-refractivity contribution in [2.45, 2.75) is 32.4 Å². The molecule has 1 unspecified atom stereocenters. The molecule has 5 heteroatoms. The largest absolute Gasteiger partial charge is 0.391 e. The van der Waals surface area contributed by atoms with Crippen LogP contribution in [0.5, 0.6) is 0 Å². The molecule has 1 aliphatic rings. The molecule has 2 rings (SSSR count). The second-order valence-electron chi connectivity index (χ2n) is 4.97. The van der Waals surface area contributed by atoms with Crippen LogP contribution in [-0.2, 0) is 6.54 Å². The first-order chi connectivity index (χ1) is 9.11. The Labute approximate surface area is 112 Å². The average molecular weight is 270 g/mol. The third-order valence-electron chi connectivity index (χ3n) is 3.31. The SMILES string of the molecule is CCCNCc1cc(F)c(N2CCC(O)C2)c(F)c1. The zero-order valence-electron chi connectivity index (χ0n) is 11.1. The lowest BCUT2D eigenvalue weighted by molar-refractivity contribution is 0.198. The fourth-order valence-electron chi connectivity index (χ4n) is 2.38. The minimum absolute atomic E-state index is 0.0178. The molecule has 2 N–H and O–H groups in total. The van der Waals surface area contributed by atoms with Crippen LogP contribution in [0, 0.1) is 11.6 Å². The van der Waals surface area contributed by atoms with Gasteiger partial charge in [-0.25, -0.2) is 8.78 Å². The first-order valence-electron chi connectivity index (χ1n) is 6.73. The van der Waals surface area contributed by atoms with Crippen molar-refractivity contribution in [3.8, 4) is 0 Å². The van der Waals surface area contributed by atoms with E-state index in [0.29, 0.717) is 31.6 Å². The molecule has 0 radical (unpaired) electrons. The number of benzene rings is 1. The molecule has 0 bridgehead atoms. The highest BCUT2D eigenvalue weighted by Crippen LogP contribution is 2.28. The van der Waals surface area contributed by atoms with Gasteiger partial charge in [0.25, 0.3) is 0 Å². The summed E-state index contributed by atoms with van der Waals surface area (Å²) >= 11 is 0. The maximum atomic E-state index is 14.0. The Balaban J connectivity index is 2.13. The zero-order valence-corrected chi connectivity index (χ0v) is 11.1. The third kappa shape index (κ3) is 3.42. The van der Waals surface area contributed by atoms with Gasteiger partial charge in [-0.2, -0.15) is 0 Å². The van der Waals surface area contributed by atoms with E-state index in [1.165, 1.54) is 12.1 Å². The number of nitrogens with zero attached hydrogens (tertiary/aromatic N) is 1. The van der Waals surface area contributed by atoms with Crippen LogP contribution in [0.15, 0.2) is 12.1 Å². The van der Waals surface area contributed by atoms with Crippen LogP contribution in [-0.4, -0.2) is 30.8 Å². The van der Waals surface area contributed by atoms with Crippen molar-refractivity contribution < 1.29 is 13.9 Å². The van der Waals surface area contributed by atoms with E-state index in [-0.39, 0.29) is 5.69 Å². The number of halogens is 2. The smallest absolute Gasteiger partial charge is 0.149 e. The van der Waals surface area contributed by atoms with Gasteiger partial charge in [0.1, 0.15) is 17.3 Å². The molecule has 1 aromatic rings. The Hall–Kier alpha value is -1.20. The second kappa shape index (κ2) is 6.30. The van der Waals surface area contributed by atoms with E-state index in [9.17, 15) is 13.9 Å². The molecule has 1 fully saturated rings. The minimum atomic E-state index is -0.553. The van der Waals surface area contributed by atoms with Gasteiger partial charge in [0.15, 0.2) is 0 Å². The lowest BCUT2D eigenvalue weighted by Gasteiger charge is -2.20. The Morgan fingerprint density at radius 3 is 2.58 bits per heavy atom. The van der Waals surface area contributed by atoms with Gasteiger partial charge < -0.3 is 15.3 Å². The molecular formula is C14H20F2N2O. The highest BCUT2D eigenvalue weighted by Gasteiger charge is 2.25. The molecule has 0 saturated carbocycles. The molecule has 19 heavy (non-hydrogen) atoms. The minimum Gasteiger partial charge on any atom is -0.391 e. The fourth-order valence-corrected chi connectivity index (χ4v) is 2.38. The Bertz CT molecular complexity index is 416. The van der Waals surface area contributed by atoms with Gasteiger partial charge in [-0.1, -0.05) is 6.92 Å². The van der Waals surface area contributed by atoms with Crippen LogP contribution in [0.2, 0.25) is 0 Å². The number of nitrogens with one attached hydrogen (secondary N) is 1. The first-order valence-corrected chi connectivity index (χ1v) is 6.73. The topological polar surface area (TPSA) is 35.5 Å². The highest BCUT2D eigenvalue weighted by atomic mass is 19.1. The molecule has 1 saturated heterocycles. The molecule has 1 atom stereocenters. The molecule has 0 spiro atoms. The van der Waals surface area contributed by atoms with E-state index >= 15 is 0 Å². The number of aliphatic hydroxyl groups excluding tert-OH is 1. The quantitative estimate of drug-likeness (QED) is 0.804. The second-order valence-corrected chi connectivity index (χ2v) is 4.97. The molecular weight excluding hydrogens is 250 g/mol. The summed E-state index contributed by atoms with van der Waals surface area (Å²) in [6.45, 7) is 4.10. The van der Waals surface area contributed by atoms with E-state index < -0.39 is 17.7 Å². The Morgan fingerprint density at radius 1 is 1.37 bits per heavy atom. The lowest BCUT2D eigenvalue weighted by atomic mass is 10.1. The van der Waals surface area contributed by atoms with Crippen molar-refractivity contribution >= 4 is 5.69 Å². The van der Waals surface area contributed by atoms with E-state index in [1.807, 2.05) is 6.92 Å². The fraction of sp³-hybridized carbons (Fsp3) is 0.571. The van der Waals surface area contributed by atoms with Gasteiger partial charge in [0, 0.05) is 19.6 Å².